The normalized spacial score (nSPS) is 14.7. The van der Waals surface area contributed by atoms with Gasteiger partial charge in [0.15, 0.2) is 0 Å². The number of benzene rings is 3. The van der Waals surface area contributed by atoms with Crippen LogP contribution in [0.4, 0.5) is 10.1 Å². The maximum Gasteiger partial charge on any atom is 0.137 e. The Kier molecular flexibility index (Phi) is 4.12. The van der Waals surface area contributed by atoms with E-state index in [9.17, 15) is 4.39 Å². The summed E-state index contributed by atoms with van der Waals surface area (Å²) in [5.74, 6) is 0.386. The fourth-order valence-corrected chi connectivity index (χ4v) is 4.18. The second-order valence-corrected chi connectivity index (χ2v) is 7.43. The fraction of sp³-hybridized carbons (Fsp3) is 0.208. The second-order valence-electron chi connectivity index (χ2n) is 7.43. The van der Waals surface area contributed by atoms with E-state index in [0.29, 0.717) is 11.1 Å². The van der Waals surface area contributed by atoms with Gasteiger partial charge in [-0.05, 0) is 61.2 Å². The van der Waals surface area contributed by atoms with Gasteiger partial charge in [-0.1, -0.05) is 12.1 Å². The van der Waals surface area contributed by atoms with Gasteiger partial charge in [-0.2, -0.15) is 0 Å². The Morgan fingerprint density at radius 3 is 2.57 bits per heavy atom. The molecule has 1 aliphatic carbocycles. The summed E-state index contributed by atoms with van der Waals surface area (Å²) in [6.07, 6.45) is 3.71. The van der Waals surface area contributed by atoms with Crippen LogP contribution in [-0.4, -0.2) is 13.1 Å². The zero-order valence-electron chi connectivity index (χ0n) is 15.5. The Hall–Kier alpha value is -3.14. The Morgan fingerprint density at radius 1 is 0.893 bits per heavy atom. The molecule has 28 heavy (non-hydrogen) atoms. The molecule has 0 spiro atoms. The first-order chi connectivity index (χ1) is 13.7. The van der Waals surface area contributed by atoms with Gasteiger partial charge < -0.3 is 14.7 Å². The molecule has 3 aliphatic rings. The number of hydrogen-bond acceptors (Lipinski definition) is 3. The molecule has 0 aromatic heterocycles. The second kappa shape index (κ2) is 6.79. The number of nitrogens with one attached hydrogen (secondary N) is 1. The molecular formula is C24H21FN2O. The Labute approximate surface area is 162 Å². The van der Waals surface area contributed by atoms with Gasteiger partial charge in [0.05, 0.1) is 5.36 Å². The predicted molar refractivity (Wildman–Crippen MR) is 110 cm³/mol. The number of anilines is 1. The number of hydrogen-bond donors (Lipinski definition) is 1. The van der Waals surface area contributed by atoms with Crippen molar-refractivity contribution < 1.29 is 8.81 Å². The highest BCUT2D eigenvalue weighted by Crippen LogP contribution is 2.41. The van der Waals surface area contributed by atoms with Gasteiger partial charge in [0, 0.05) is 47.4 Å². The molecular weight excluding hydrogens is 351 g/mol. The summed E-state index contributed by atoms with van der Waals surface area (Å²) < 4.78 is 20.2. The minimum atomic E-state index is -0.262. The van der Waals surface area contributed by atoms with Crippen LogP contribution in [-0.2, 0) is 0 Å². The molecule has 1 fully saturated rings. The third-order valence-corrected chi connectivity index (χ3v) is 5.54. The lowest BCUT2D eigenvalue weighted by atomic mass is 9.93. The molecule has 0 saturated carbocycles. The van der Waals surface area contributed by atoms with E-state index in [1.54, 1.807) is 24.3 Å². The molecule has 140 valence electrons. The Morgan fingerprint density at radius 2 is 1.75 bits per heavy atom. The van der Waals surface area contributed by atoms with Crippen molar-refractivity contribution in [1.82, 2.24) is 0 Å². The highest BCUT2D eigenvalue weighted by molar-refractivity contribution is 6.02. The maximum atomic E-state index is 14.0. The molecule has 2 heterocycles. The van der Waals surface area contributed by atoms with Crippen molar-refractivity contribution in [3.05, 3.63) is 71.8 Å². The number of piperidine rings is 1. The Bertz CT molecular complexity index is 1190. The molecule has 4 heteroatoms. The van der Waals surface area contributed by atoms with Crippen LogP contribution in [0.2, 0.25) is 0 Å². The highest BCUT2D eigenvalue weighted by Gasteiger charge is 2.19. The molecule has 2 aliphatic heterocycles. The van der Waals surface area contributed by atoms with Gasteiger partial charge in [-0.15, -0.1) is 0 Å². The first-order valence-corrected chi connectivity index (χ1v) is 9.75. The van der Waals surface area contributed by atoms with Gasteiger partial charge in [-0.25, -0.2) is 4.39 Å². The standard InChI is InChI=1S/C24H21FN2O/c25-17-6-4-5-16(13-17)24-20-9-7-18(26)14-22(20)28-23-15-19(8-10-21(23)24)27-11-2-1-3-12-27/h4-10,13-15,26H,1-3,11-12H2. The van der Waals surface area contributed by atoms with E-state index >= 15 is 0 Å². The van der Waals surface area contributed by atoms with Crippen LogP contribution in [0.3, 0.4) is 0 Å². The van der Waals surface area contributed by atoms with Crippen molar-refractivity contribution in [1.29, 1.82) is 5.41 Å². The van der Waals surface area contributed by atoms with Crippen molar-refractivity contribution in [2.45, 2.75) is 19.3 Å². The first-order valence-electron chi connectivity index (χ1n) is 9.75. The highest BCUT2D eigenvalue weighted by atomic mass is 19.1. The molecule has 1 saturated heterocycles. The average molecular weight is 372 g/mol. The van der Waals surface area contributed by atoms with E-state index in [1.165, 1.54) is 25.3 Å². The maximum absolute atomic E-state index is 14.0. The lowest BCUT2D eigenvalue weighted by Gasteiger charge is -2.29. The molecule has 0 atom stereocenters. The van der Waals surface area contributed by atoms with Crippen molar-refractivity contribution in [2.75, 3.05) is 18.0 Å². The number of nitrogens with zero attached hydrogens (tertiary/aromatic N) is 1. The van der Waals surface area contributed by atoms with Gasteiger partial charge in [0.2, 0.25) is 0 Å². The summed E-state index contributed by atoms with van der Waals surface area (Å²) in [6.45, 7) is 2.12. The van der Waals surface area contributed by atoms with Crippen LogP contribution in [0.1, 0.15) is 19.3 Å². The van der Waals surface area contributed by atoms with Crippen LogP contribution in [0.15, 0.2) is 65.1 Å². The number of halogens is 1. The predicted octanol–water partition coefficient (Wildman–Crippen LogP) is 5.81. The minimum Gasteiger partial charge on any atom is -0.456 e. The quantitative estimate of drug-likeness (QED) is 0.451. The van der Waals surface area contributed by atoms with Crippen LogP contribution in [0.5, 0.6) is 0 Å². The summed E-state index contributed by atoms with van der Waals surface area (Å²) in [7, 11) is 0. The third kappa shape index (κ3) is 2.95. The molecule has 0 bridgehead atoms. The zero-order chi connectivity index (χ0) is 19.1. The molecule has 2 aromatic rings. The topological polar surface area (TPSA) is 40.2 Å². The molecule has 2 aromatic carbocycles. The lowest BCUT2D eigenvalue weighted by molar-refractivity contribution is 0.576. The summed E-state index contributed by atoms with van der Waals surface area (Å²) >= 11 is 0. The van der Waals surface area contributed by atoms with Crippen LogP contribution < -0.4 is 10.3 Å². The smallest absolute Gasteiger partial charge is 0.137 e. The molecule has 0 radical (unpaired) electrons. The minimum absolute atomic E-state index is 0.262. The largest absolute Gasteiger partial charge is 0.456 e. The summed E-state index contributed by atoms with van der Waals surface area (Å²) in [5, 5.41) is 9.32. The van der Waals surface area contributed by atoms with E-state index in [-0.39, 0.29) is 5.82 Å². The van der Waals surface area contributed by atoms with E-state index in [2.05, 4.69) is 23.1 Å². The molecule has 5 rings (SSSR count). The van der Waals surface area contributed by atoms with Crippen LogP contribution >= 0.6 is 0 Å². The van der Waals surface area contributed by atoms with E-state index < -0.39 is 0 Å². The summed E-state index contributed by atoms with van der Waals surface area (Å²) in [5.41, 5.74) is 4.57. The Balaban J connectivity index is 1.79. The van der Waals surface area contributed by atoms with E-state index in [0.717, 1.165) is 46.4 Å². The van der Waals surface area contributed by atoms with Gasteiger partial charge in [-0.3, -0.25) is 0 Å². The average Bonchev–Trinajstić information content (AvgIpc) is 2.72. The van der Waals surface area contributed by atoms with Gasteiger partial charge in [0.25, 0.3) is 0 Å². The van der Waals surface area contributed by atoms with Crippen LogP contribution in [0, 0.1) is 11.2 Å². The summed E-state index contributed by atoms with van der Waals surface area (Å²) in [4.78, 5) is 2.39. The molecule has 3 nitrogen and oxygen atoms in total. The number of rotatable bonds is 2. The van der Waals surface area contributed by atoms with E-state index in [4.69, 9.17) is 9.83 Å². The molecule has 0 unspecified atom stereocenters. The SMILES string of the molecule is N=c1ccc2c(-c3cccc(F)c3)c3ccc(N4CCCCC4)cc3oc-2c1. The van der Waals surface area contributed by atoms with Crippen molar-refractivity contribution in [3.8, 4) is 22.5 Å². The zero-order valence-corrected chi connectivity index (χ0v) is 15.5. The monoisotopic (exact) mass is 372 g/mol. The fourth-order valence-electron chi connectivity index (χ4n) is 4.18. The van der Waals surface area contributed by atoms with Gasteiger partial charge in [0.1, 0.15) is 17.2 Å². The summed E-state index contributed by atoms with van der Waals surface area (Å²) in [6, 6.07) is 18.3. The van der Waals surface area contributed by atoms with Crippen molar-refractivity contribution in [3.63, 3.8) is 0 Å². The van der Waals surface area contributed by atoms with Crippen molar-refractivity contribution >= 4 is 16.7 Å². The first kappa shape index (κ1) is 17.0. The van der Waals surface area contributed by atoms with Gasteiger partial charge >= 0.3 is 0 Å². The lowest BCUT2D eigenvalue weighted by Crippen LogP contribution is -2.29. The molecule has 0 amide bonds. The number of fused-ring (bicyclic) bond motifs is 2. The van der Waals surface area contributed by atoms with Crippen LogP contribution in [0.25, 0.3) is 33.4 Å². The van der Waals surface area contributed by atoms with E-state index in [1.807, 2.05) is 12.1 Å². The third-order valence-electron chi connectivity index (χ3n) is 5.54. The molecule has 1 N–H and O–H groups in total. The van der Waals surface area contributed by atoms with Crippen molar-refractivity contribution in [2.24, 2.45) is 0 Å².